The molecule has 2 rings (SSSR count). The minimum atomic E-state index is -0.180. The van der Waals surface area contributed by atoms with Crippen LogP contribution in [-0.2, 0) is 0 Å². The summed E-state index contributed by atoms with van der Waals surface area (Å²) in [6.45, 7) is 3.61. The third-order valence-corrected chi connectivity index (χ3v) is 2.71. The minimum absolute atomic E-state index is 0.180. The number of nitrogens with zero attached hydrogens (tertiary/aromatic N) is 2. The Labute approximate surface area is 111 Å². The van der Waals surface area contributed by atoms with Crippen molar-refractivity contribution in [3.63, 3.8) is 0 Å². The smallest absolute Gasteiger partial charge is 0.316 e. The fourth-order valence-corrected chi connectivity index (χ4v) is 1.73. The first-order valence-corrected chi connectivity index (χ1v) is 5.87. The van der Waals surface area contributed by atoms with Gasteiger partial charge < -0.3 is 10.1 Å². The van der Waals surface area contributed by atoms with E-state index in [-0.39, 0.29) is 5.91 Å². The molecule has 0 saturated carbocycles. The molecule has 0 bridgehead atoms. The number of methoxy groups -OCH3 is 1. The van der Waals surface area contributed by atoms with Crippen molar-refractivity contribution in [2.24, 2.45) is 0 Å². The molecular formula is C14H15N3O2. The number of nitrogens with one attached hydrogen (secondary N) is 1. The second kappa shape index (κ2) is 5.48. The Hall–Kier alpha value is -2.43. The summed E-state index contributed by atoms with van der Waals surface area (Å²) in [7, 11) is 1.51. The van der Waals surface area contributed by atoms with Crippen molar-refractivity contribution in [3.8, 4) is 6.01 Å². The van der Waals surface area contributed by atoms with Gasteiger partial charge in [-0.15, -0.1) is 0 Å². The monoisotopic (exact) mass is 257 g/mol. The zero-order chi connectivity index (χ0) is 13.8. The van der Waals surface area contributed by atoms with E-state index in [4.69, 9.17) is 4.74 Å². The largest absolute Gasteiger partial charge is 0.467 e. The highest BCUT2D eigenvalue weighted by atomic mass is 16.5. The van der Waals surface area contributed by atoms with Gasteiger partial charge in [-0.3, -0.25) is 4.79 Å². The first-order valence-electron chi connectivity index (χ1n) is 5.87. The van der Waals surface area contributed by atoms with E-state index in [2.05, 4.69) is 15.3 Å². The molecule has 0 atom stereocenters. The zero-order valence-corrected chi connectivity index (χ0v) is 11.1. The van der Waals surface area contributed by atoms with Gasteiger partial charge in [0, 0.05) is 5.56 Å². The molecule has 1 aromatic heterocycles. The van der Waals surface area contributed by atoms with Gasteiger partial charge in [-0.2, -0.15) is 9.97 Å². The fraction of sp³-hybridized carbons (Fsp3) is 0.214. The molecule has 98 valence electrons. The highest BCUT2D eigenvalue weighted by Crippen LogP contribution is 2.20. The highest BCUT2D eigenvalue weighted by Gasteiger charge is 2.12. The molecule has 19 heavy (non-hydrogen) atoms. The molecule has 0 spiro atoms. The van der Waals surface area contributed by atoms with Crippen LogP contribution in [0.4, 0.5) is 5.69 Å². The van der Waals surface area contributed by atoms with Crippen LogP contribution < -0.4 is 10.1 Å². The molecule has 5 nitrogen and oxygen atoms in total. The average Bonchev–Trinajstić information content (AvgIpc) is 2.43. The Morgan fingerprint density at radius 1 is 1.11 bits per heavy atom. The molecule has 1 heterocycles. The number of amides is 1. The predicted molar refractivity (Wildman–Crippen MR) is 72.5 cm³/mol. The highest BCUT2D eigenvalue weighted by molar-refractivity contribution is 6.04. The maximum absolute atomic E-state index is 12.1. The Balaban J connectivity index is 2.27. The fourth-order valence-electron chi connectivity index (χ4n) is 1.73. The Morgan fingerprint density at radius 2 is 1.68 bits per heavy atom. The summed E-state index contributed by atoms with van der Waals surface area (Å²) in [6.07, 6.45) is 0. The summed E-state index contributed by atoms with van der Waals surface area (Å²) >= 11 is 0. The molecule has 0 aliphatic rings. The van der Waals surface area contributed by atoms with Crippen LogP contribution in [0.1, 0.15) is 21.7 Å². The molecule has 0 fully saturated rings. The van der Waals surface area contributed by atoms with E-state index in [9.17, 15) is 4.79 Å². The van der Waals surface area contributed by atoms with Crippen molar-refractivity contribution < 1.29 is 9.53 Å². The summed E-state index contributed by atoms with van der Waals surface area (Å²) in [5.41, 5.74) is 2.56. The van der Waals surface area contributed by atoms with Gasteiger partial charge in [0.1, 0.15) is 0 Å². The van der Waals surface area contributed by atoms with Crippen molar-refractivity contribution in [1.29, 1.82) is 0 Å². The van der Waals surface area contributed by atoms with Crippen LogP contribution in [0.3, 0.4) is 0 Å². The number of hydrogen-bond donors (Lipinski definition) is 1. The van der Waals surface area contributed by atoms with Crippen molar-refractivity contribution in [2.45, 2.75) is 13.8 Å². The van der Waals surface area contributed by atoms with Crippen LogP contribution in [-0.4, -0.2) is 23.0 Å². The molecule has 0 radical (unpaired) electrons. The van der Waals surface area contributed by atoms with E-state index < -0.39 is 0 Å². The van der Waals surface area contributed by atoms with E-state index in [1.54, 1.807) is 26.0 Å². The van der Waals surface area contributed by atoms with Gasteiger partial charge in [0.05, 0.1) is 24.2 Å². The normalized spacial score (nSPS) is 10.1. The zero-order valence-electron chi connectivity index (χ0n) is 11.1. The van der Waals surface area contributed by atoms with E-state index >= 15 is 0 Å². The summed E-state index contributed by atoms with van der Waals surface area (Å²) in [5.74, 6) is -0.180. The second-order valence-corrected chi connectivity index (χ2v) is 4.08. The summed E-state index contributed by atoms with van der Waals surface area (Å²) < 4.78 is 4.99. The lowest BCUT2D eigenvalue weighted by Gasteiger charge is -2.11. The lowest BCUT2D eigenvalue weighted by Crippen LogP contribution is -2.15. The molecule has 0 aliphatic heterocycles. The third-order valence-electron chi connectivity index (χ3n) is 2.71. The molecule has 1 amide bonds. The van der Waals surface area contributed by atoms with Crippen molar-refractivity contribution in [1.82, 2.24) is 9.97 Å². The van der Waals surface area contributed by atoms with Crippen molar-refractivity contribution in [3.05, 3.63) is 47.3 Å². The first-order chi connectivity index (χ1) is 9.11. The molecule has 0 saturated heterocycles. The quantitative estimate of drug-likeness (QED) is 0.916. The lowest BCUT2D eigenvalue weighted by molar-refractivity contribution is 0.102. The number of aromatic nitrogens is 2. The third kappa shape index (κ3) is 2.88. The van der Waals surface area contributed by atoms with Gasteiger partial charge in [-0.1, -0.05) is 18.2 Å². The maximum atomic E-state index is 12.1. The number of carbonyl (C=O) groups is 1. The molecule has 5 heteroatoms. The van der Waals surface area contributed by atoms with Crippen LogP contribution in [0.2, 0.25) is 0 Å². The number of hydrogen-bond acceptors (Lipinski definition) is 4. The Morgan fingerprint density at radius 3 is 2.21 bits per heavy atom. The van der Waals surface area contributed by atoms with Crippen molar-refractivity contribution in [2.75, 3.05) is 12.4 Å². The van der Waals surface area contributed by atoms with Gasteiger partial charge >= 0.3 is 6.01 Å². The second-order valence-electron chi connectivity index (χ2n) is 4.08. The molecule has 1 aromatic carbocycles. The minimum Gasteiger partial charge on any atom is -0.467 e. The average molecular weight is 257 g/mol. The standard InChI is InChI=1S/C14H15N3O2/c1-9-12(10(2)16-14(15-9)19-3)17-13(18)11-7-5-4-6-8-11/h4-8H,1-3H3,(H,17,18). The molecular weight excluding hydrogens is 242 g/mol. The van der Waals surface area contributed by atoms with Gasteiger partial charge in [0.2, 0.25) is 0 Å². The van der Waals surface area contributed by atoms with Crippen LogP contribution in [0, 0.1) is 13.8 Å². The number of carbonyl (C=O) groups excluding carboxylic acids is 1. The van der Waals surface area contributed by atoms with E-state index in [0.717, 1.165) is 0 Å². The number of rotatable bonds is 3. The topological polar surface area (TPSA) is 64.1 Å². The number of ether oxygens (including phenoxy) is 1. The van der Waals surface area contributed by atoms with Crippen LogP contribution in [0.5, 0.6) is 6.01 Å². The van der Waals surface area contributed by atoms with Crippen molar-refractivity contribution >= 4 is 11.6 Å². The lowest BCUT2D eigenvalue weighted by atomic mass is 10.2. The van der Waals surface area contributed by atoms with Gasteiger partial charge in [0.25, 0.3) is 5.91 Å². The SMILES string of the molecule is COc1nc(C)c(NC(=O)c2ccccc2)c(C)n1. The number of aryl methyl sites for hydroxylation is 2. The first kappa shape index (κ1) is 13.0. The predicted octanol–water partition coefficient (Wildman–Crippen LogP) is 2.35. The van der Waals surface area contributed by atoms with E-state index in [1.165, 1.54) is 7.11 Å². The van der Waals surface area contributed by atoms with Crippen LogP contribution in [0.15, 0.2) is 30.3 Å². The summed E-state index contributed by atoms with van der Waals surface area (Å²) in [5, 5.41) is 2.83. The van der Waals surface area contributed by atoms with Gasteiger partial charge in [-0.05, 0) is 26.0 Å². The molecule has 1 N–H and O–H groups in total. The van der Waals surface area contributed by atoms with Crippen LogP contribution in [0.25, 0.3) is 0 Å². The Bertz CT molecular complexity index is 574. The van der Waals surface area contributed by atoms with Gasteiger partial charge in [0.15, 0.2) is 0 Å². The van der Waals surface area contributed by atoms with Gasteiger partial charge in [-0.25, -0.2) is 0 Å². The summed E-state index contributed by atoms with van der Waals surface area (Å²) in [6, 6.07) is 9.31. The maximum Gasteiger partial charge on any atom is 0.316 e. The number of anilines is 1. The summed E-state index contributed by atoms with van der Waals surface area (Å²) in [4.78, 5) is 20.4. The molecule has 0 aliphatic carbocycles. The molecule has 2 aromatic rings. The Kier molecular flexibility index (Phi) is 3.75. The number of benzene rings is 1. The molecule has 0 unspecified atom stereocenters. The van der Waals surface area contributed by atoms with E-state index in [0.29, 0.717) is 28.6 Å². The van der Waals surface area contributed by atoms with E-state index in [1.807, 2.05) is 18.2 Å². The van der Waals surface area contributed by atoms with Crippen LogP contribution >= 0.6 is 0 Å².